The van der Waals surface area contributed by atoms with Crippen molar-refractivity contribution in [3.63, 3.8) is 0 Å². The third-order valence-electron chi connectivity index (χ3n) is 6.69. The topological polar surface area (TPSA) is 64.6 Å². The van der Waals surface area contributed by atoms with Crippen molar-refractivity contribution in [2.24, 2.45) is 0 Å². The van der Waals surface area contributed by atoms with Crippen molar-refractivity contribution in [3.8, 4) is 16.9 Å². The van der Waals surface area contributed by atoms with Gasteiger partial charge in [-0.2, -0.15) is 0 Å². The lowest BCUT2D eigenvalue weighted by molar-refractivity contribution is -0.147. The predicted molar refractivity (Wildman–Crippen MR) is 150 cm³/mol. The molecule has 0 heterocycles. The highest BCUT2D eigenvalue weighted by Gasteiger charge is 2.26. The van der Waals surface area contributed by atoms with Crippen LogP contribution in [0, 0.1) is 6.92 Å². The average Bonchev–Trinajstić information content (AvgIpc) is 2.88. The summed E-state index contributed by atoms with van der Waals surface area (Å²) in [5, 5.41) is 7.10. The lowest BCUT2D eigenvalue weighted by atomic mass is 9.85. The molecule has 4 aromatic rings. The molecule has 5 heteroatoms. The van der Waals surface area contributed by atoms with Crippen molar-refractivity contribution in [3.05, 3.63) is 90.0 Å². The van der Waals surface area contributed by atoms with E-state index in [0.29, 0.717) is 5.75 Å². The highest BCUT2D eigenvalue weighted by atomic mass is 16.5. The molecule has 0 saturated heterocycles. The summed E-state index contributed by atoms with van der Waals surface area (Å²) in [6.07, 6.45) is 2.91. The molecular formula is C32H33NO4. The molecule has 0 aliphatic rings. The van der Waals surface area contributed by atoms with Gasteiger partial charge in [0.05, 0.1) is 13.7 Å². The Kier molecular flexibility index (Phi) is 7.92. The number of benzene rings is 4. The van der Waals surface area contributed by atoms with Crippen LogP contribution in [0.15, 0.2) is 73.3 Å². The van der Waals surface area contributed by atoms with Gasteiger partial charge in [0, 0.05) is 18.9 Å². The Labute approximate surface area is 218 Å². The normalized spacial score (nSPS) is 11.8. The minimum Gasteiger partial charge on any atom is -0.496 e. The number of allylic oxidation sites excluding steroid dienone is 1. The number of amides is 1. The van der Waals surface area contributed by atoms with Crippen LogP contribution in [0.2, 0.25) is 0 Å². The van der Waals surface area contributed by atoms with E-state index in [0.717, 1.165) is 50.2 Å². The molecule has 0 saturated carbocycles. The quantitative estimate of drug-likeness (QED) is 0.218. The van der Waals surface area contributed by atoms with E-state index >= 15 is 0 Å². The smallest absolute Gasteiger partial charge is 0.328 e. The Morgan fingerprint density at radius 2 is 1.57 bits per heavy atom. The summed E-state index contributed by atoms with van der Waals surface area (Å²) < 4.78 is 11.4. The molecule has 4 rings (SSSR count). The van der Waals surface area contributed by atoms with Crippen molar-refractivity contribution >= 4 is 33.4 Å². The molecule has 4 aromatic carbocycles. The molecule has 0 aliphatic heterocycles. The molecule has 1 amide bonds. The molecule has 1 atom stereocenters. The molecule has 0 aliphatic carbocycles. The van der Waals surface area contributed by atoms with Gasteiger partial charge in [0.15, 0.2) is 0 Å². The van der Waals surface area contributed by atoms with E-state index in [4.69, 9.17) is 9.47 Å². The Morgan fingerprint density at radius 1 is 0.973 bits per heavy atom. The Balaban J connectivity index is 2.05. The van der Waals surface area contributed by atoms with Gasteiger partial charge in [-0.1, -0.05) is 60.7 Å². The zero-order chi connectivity index (χ0) is 26.5. The SMILES string of the molecule is C=CCc1cc2ccccc2c(-c2c(OC)c(CC(NC(C)=O)C(=O)OCC)cc3ccccc23)c1C. The second kappa shape index (κ2) is 11.3. The van der Waals surface area contributed by atoms with E-state index < -0.39 is 12.0 Å². The Hall–Kier alpha value is -4.12. The average molecular weight is 496 g/mol. The molecule has 1 N–H and O–H groups in total. The van der Waals surface area contributed by atoms with Crippen molar-refractivity contribution in [2.45, 2.75) is 39.7 Å². The van der Waals surface area contributed by atoms with Crippen LogP contribution in [0.4, 0.5) is 0 Å². The minimum atomic E-state index is -0.828. The van der Waals surface area contributed by atoms with E-state index in [1.54, 1.807) is 14.0 Å². The van der Waals surface area contributed by atoms with Crippen LogP contribution in [0.1, 0.15) is 30.5 Å². The third-order valence-corrected chi connectivity index (χ3v) is 6.69. The number of methoxy groups -OCH3 is 1. The van der Waals surface area contributed by atoms with E-state index in [2.05, 4.69) is 49.2 Å². The summed E-state index contributed by atoms with van der Waals surface area (Å²) in [6.45, 7) is 9.48. The second-order valence-corrected chi connectivity index (χ2v) is 9.12. The van der Waals surface area contributed by atoms with E-state index in [9.17, 15) is 9.59 Å². The fourth-order valence-electron chi connectivity index (χ4n) is 5.12. The largest absolute Gasteiger partial charge is 0.496 e. The van der Waals surface area contributed by atoms with Crippen molar-refractivity contribution in [1.82, 2.24) is 5.32 Å². The van der Waals surface area contributed by atoms with Gasteiger partial charge in [-0.15, -0.1) is 6.58 Å². The van der Waals surface area contributed by atoms with Gasteiger partial charge in [0.2, 0.25) is 5.91 Å². The van der Waals surface area contributed by atoms with E-state index in [-0.39, 0.29) is 18.9 Å². The van der Waals surface area contributed by atoms with Crippen LogP contribution >= 0.6 is 0 Å². The number of fused-ring (bicyclic) bond motifs is 2. The van der Waals surface area contributed by atoms with Crippen molar-refractivity contribution in [2.75, 3.05) is 13.7 Å². The zero-order valence-electron chi connectivity index (χ0n) is 21.9. The number of rotatable bonds is 9. The molecule has 190 valence electrons. The molecular weight excluding hydrogens is 462 g/mol. The first-order valence-electron chi connectivity index (χ1n) is 12.5. The molecule has 0 bridgehead atoms. The number of hydrogen-bond donors (Lipinski definition) is 1. The fourth-order valence-corrected chi connectivity index (χ4v) is 5.12. The van der Waals surface area contributed by atoms with Gasteiger partial charge in [0.1, 0.15) is 11.8 Å². The molecule has 37 heavy (non-hydrogen) atoms. The maximum atomic E-state index is 12.8. The molecule has 0 aromatic heterocycles. The second-order valence-electron chi connectivity index (χ2n) is 9.12. The molecule has 1 unspecified atom stereocenters. The molecule has 0 fully saturated rings. The van der Waals surface area contributed by atoms with Crippen molar-refractivity contribution in [1.29, 1.82) is 0 Å². The van der Waals surface area contributed by atoms with E-state index in [1.807, 2.05) is 36.4 Å². The van der Waals surface area contributed by atoms with Crippen LogP contribution in [-0.4, -0.2) is 31.6 Å². The zero-order valence-corrected chi connectivity index (χ0v) is 21.9. The summed E-state index contributed by atoms with van der Waals surface area (Å²) in [6, 6.07) is 20.0. The number of nitrogens with one attached hydrogen (secondary N) is 1. The fraction of sp³-hybridized carbons (Fsp3) is 0.250. The first kappa shape index (κ1) is 26.0. The van der Waals surface area contributed by atoms with Gasteiger partial charge in [-0.25, -0.2) is 4.79 Å². The highest BCUT2D eigenvalue weighted by Crippen LogP contribution is 2.45. The van der Waals surface area contributed by atoms with Gasteiger partial charge in [-0.05, 0) is 70.1 Å². The highest BCUT2D eigenvalue weighted by molar-refractivity contribution is 6.09. The number of hydrogen-bond acceptors (Lipinski definition) is 4. The van der Waals surface area contributed by atoms with Crippen LogP contribution in [0.3, 0.4) is 0 Å². The Morgan fingerprint density at radius 3 is 2.14 bits per heavy atom. The van der Waals surface area contributed by atoms with Gasteiger partial charge < -0.3 is 14.8 Å². The number of carbonyl (C=O) groups is 2. The first-order valence-corrected chi connectivity index (χ1v) is 12.5. The third kappa shape index (κ3) is 5.21. The molecule has 5 nitrogen and oxygen atoms in total. The van der Waals surface area contributed by atoms with Gasteiger partial charge in [0.25, 0.3) is 0 Å². The van der Waals surface area contributed by atoms with Crippen LogP contribution in [0.25, 0.3) is 32.7 Å². The number of esters is 1. The summed E-state index contributed by atoms with van der Waals surface area (Å²) in [7, 11) is 1.65. The standard InChI is InChI=1S/C32H33NO4/c1-6-12-22-17-23-13-8-10-15-26(23)29(20(22)3)30-27-16-11-9-14-24(27)18-25(31(30)36-5)19-28(33-21(4)34)32(35)37-7-2/h6,8-11,13-18,28H,1,7,12,19H2,2-5H3,(H,33,34). The number of carbonyl (C=O) groups excluding carboxylic acids is 2. The maximum Gasteiger partial charge on any atom is 0.328 e. The van der Waals surface area contributed by atoms with Gasteiger partial charge >= 0.3 is 5.97 Å². The summed E-state index contributed by atoms with van der Waals surface area (Å²) in [5.74, 6) is -0.0802. The Bertz CT molecular complexity index is 1490. The molecule has 0 spiro atoms. The summed E-state index contributed by atoms with van der Waals surface area (Å²) in [5.41, 5.74) is 5.24. The summed E-state index contributed by atoms with van der Waals surface area (Å²) >= 11 is 0. The lowest BCUT2D eigenvalue weighted by Crippen LogP contribution is -2.42. The van der Waals surface area contributed by atoms with Crippen LogP contribution in [0.5, 0.6) is 5.75 Å². The predicted octanol–water partition coefficient (Wildman–Crippen LogP) is 6.32. The first-order chi connectivity index (χ1) is 17.9. The van der Waals surface area contributed by atoms with E-state index in [1.165, 1.54) is 12.5 Å². The maximum absolute atomic E-state index is 12.8. The molecule has 0 radical (unpaired) electrons. The van der Waals surface area contributed by atoms with Crippen LogP contribution < -0.4 is 10.1 Å². The van der Waals surface area contributed by atoms with Crippen LogP contribution in [-0.2, 0) is 27.2 Å². The lowest BCUT2D eigenvalue weighted by Gasteiger charge is -2.23. The minimum absolute atomic E-state index is 0.232. The van der Waals surface area contributed by atoms with Crippen molar-refractivity contribution < 1.29 is 19.1 Å². The monoisotopic (exact) mass is 495 g/mol. The van der Waals surface area contributed by atoms with Gasteiger partial charge in [-0.3, -0.25) is 4.79 Å². The summed E-state index contributed by atoms with van der Waals surface area (Å²) in [4.78, 5) is 24.7. The number of ether oxygens (including phenoxy) is 2.